The van der Waals surface area contributed by atoms with E-state index in [-0.39, 0.29) is 11.8 Å². The van der Waals surface area contributed by atoms with Gasteiger partial charge in [0.1, 0.15) is 17.2 Å². The molecule has 0 atom stereocenters. The van der Waals surface area contributed by atoms with Gasteiger partial charge in [-0.15, -0.1) is 0 Å². The predicted octanol–water partition coefficient (Wildman–Crippen LogP) is 5.58. The van der Waals surface area contributed by atoms with Crippen LogP contribution in [0.3, 0.4) is 0 Å². The Morgan fingerprint density at radius 1 is 0.882 bits per heavy atom. The fourth-order valence-corrected chi connectivity index (χ4v) is 3.81. The Morgan fingerprint density at radius 3 is 2.21 bits per heavy atom. The number of hydrogen-bond donors (Lipinski definition) is 1. The molecule has 174 valence electrons. The molecule has 4 rings (SSSR count). The number of imide groups is 1. The largest absolute Gasteiger partial charge is 0.492 e. The maximum Gasteiger partial charge on any atom is 0.282 e. The molecule has 0 saturated heterocycles. The highest BCUT2D eigenvalue weighted by Gasteiger charge is 2.41. The van der Waals surface area contributed by atoms with Crippen LogP contribution in [0.1, 0.15) is 31.9 Å². The van der Waals surface area contributed by atoms with E-state index in [2.05, 4.69) is 5.32 Å². The third-order valence-electron chi connectivity index (χ3n) is 5.33. The summed E-state index contributed by atoms with van der Waals surface area (Å²) in [6.45, 7) is 8.18. The molecular weight excluding hydrogens is 428 g/mol. The van der Waals surface area contributed by atoms with Crippen molar-refractivity contribution in [3.63, 3.8) is 0 Å². The number of carbonyl (C=O) groups is 2. The quantitative estimate of drug-likeness (QED) is 0.449. The van der Waals surface area contributed by atoms with Gasteiger partial charge in [-0.2, -0.15) is 0 Å². The van der Waals surface area contributed by atoms with Crippen LogP contribution in [0.2, 0.25) is 0 Å². The molecule has 0 fully saturated rings. The number of ether oxygens (including phenoxy) is 2. The van der Waals surface area contributed by atoms with Gasteiger partial charge in [-0.1, -0.05) is 42.0 Å². The first kappa shape index (κ1) is 23.1. The summed E-state index contributed by atoms with van der Waals surface area (Å²) in [6.07, 6.45) is 0.0580. The van der Waals surface area contributed by atoms with Crippen LogP contribution in [0.15, 0.2) is 78.5 Å². The summed E-state index contributed by atoms with van der Waals surface area (Å²) in [7, 11) is 0. The first-order valence-electron chi connectivity index (χ1n) is 11.3. The van der Waals surface area contributed by atoms with E-state index in [1.54, 1.807) is 18.2 Å². The SMILES string of the molecule is CCOc1ccccc1N1C(=O)C(Nc2ccc(OC(C)C)cc2)=C(c2ccc(C)cc2)C1=O. The lowest BCUT2D eigenvalue weighted by Gasteiger charge is -2.19. The Balaban J connectivity index is 1.76. The molecule has 3 aromatic carbocycles. The number of nitrogens with one attached hydrogen (secondary N) is 1. The van der Waals surface area contributed by atoms with Crippen LogP contribution in [-0.4, -0.2) is 24.5 Å². The van der Waals surface area contributed by atoms with Gasteiger partial charge >= 0.3 is 0 Å². The third kappa shape index (κ3) is 4.66. The maximum atomic E-state index is 13.7. The summed E-state index contributed by atoms with van der Waals surface area (Å²) in [5.74, 6) is 0.374. The minimum Gasteiger partial charge on any atom is -0.492 e. The summed E-state index contributed by atoms with van der Waals surface area (Å²) >= 11 is 0. The van der Waals surface area contributed by atoms with Crippen molar-refractivity contribution in [2.24, 2.45) is 0 Å². The molecule has 0 saturated carbocycles. The second-order valence-electron chi connectivity index (χ2n) is 8.28. The number of nitrogens with zero attached hydrogens (tertiary/aromatic N) is 1. The van der Waals surface area contributed by atoms with Crippen molar-refractivity contribution in [1.82, 2.24) is 0 Å². The molecule has 0 unspecified atom stereocenters. The van der Waals surface area contributed by atoms with Gasteiger partial charge in [0.2, 0.25) is 0 Å². The Morgan fingerprint density at radius 2 is 1.56 bits per heavy atom. The van der Waals surface area contributed by atoms with E-state index in [1.807, 2.05) is 82.3 Å². The highest BCUT2D eigenvalue weighted by Crippen LogP contribution is 2.38. The van der Waals surface area contributed by atoms with E-state index in [4.69, 9.17) is 9.47 Å². The van der Waals surface area contributed by atoms with Gasteiger partial charge in [-0.05, 0) is 69.7 Å². The van der Waals surface area contributed by atoms with Crippen molar-refractivity contribution >= 4 is 28.8 Å². The van der Waals surface area contributed by atoms with Crippen molar-refractivity contribution in [3.05, 3.63) is 89.6 Å². The molecule has 0 radical (unpaired) electrons. The monoisotopic (exact) mass is 456 g/mol. The molecule has 1 aliphatic heterocycles. The fourth-order valence-electron chi connectivity index (χ4n) is 3.81. The number of para-hydroxylation sites is 2. The van der Waals surface area contributed by atoms with Crippen molar-refractivity contribution < 1.29 is 19.1 Å². The molecule has 0 aliphatic carbocycles. The molecule has 3 aromatic rings. The Hall–Kier alpha value is -4.06. The second kappa shape index (κ2) is 9.83. The number of aryl methyl sites for hydroxylation is 1. The predicted molar refractivity (Wildman–Crippen MR) is 134 cm³/mol. The molecule has 0 aromatic heterocycles. The number of amides is 2. The third-order valence-corrected chi connectivity index (χ3v) is 5.33. The van der Waals surface area contributed by atoms with Gasteiger partial charge in [0, 0.05) is 5.69 Å². The van der Waals surface area contributed by atoms with Crippen LogP contribution in [-0.2, 0) is 9.59 Å². The highest BCUT2D eigenvalue weighted by atomic mass is 16.5. The molecule has 1 aliphatic rings. The minimum absolute atomic E-state index is 0.0580. The van der Waals surface area contributed by atoms with Crippen LogP contribution in [0.25, 0.3) is 5.57 Å². The average Bonchev–Trinajstić information content (AvgIpc) is 3.05. The lowest BCUT2D eigenvalue weighted by molar-refractivity contribution is -0.120. The Bertz CT molecular complexity index is 1230. The van der Waals surface area contributed by atoms with Crippen molar-refractivity contribution in [2.75, 3.05) is 16.8 Å². The summed E-state index contributed by atoms with van der Waals surface area (Å²) in [5, 5.41) is 3.19. The van der Waals surface area contributed by atoms with Crippen molar-refractivity contribution in [2.45, 2.75) is 33.8 Å². The van der Waals surface area contributed by atoms with Crippen LogP contribution in [0, 0.1) is 6.92 Å². The molecule has 1 N–H and O–H groups in total. The van der Waals surface area contributed by atoms with Crippen LogP contribution in [0.4, 0.5) is 11.4 Å². The van der Waals surface area contributed by atoms with Crippen LogP contribution >= 0.6 is 0 Å². The molecule has 6 nitrogen and oxygen atoms in total. The Labute approximate surface area is 199 Å². The van der Waals surface area contributed by atoms with Gasteiger partial charge in [0.25, 0.3) is 11.8 Å². The smallest absolute Gasteiger partial charge is 0.282 e. The van der Waals surface area contributed by atoms with Gasteiger partial charge in [-0.3, -0.25) is 9.59 Å². The van der Waals surface area contributed by atoms with E-state index >= 15 is 0 Å². The molecule has 1 heterocycles. The fraction of sp³-hybridized carbons (Fsp3) is 0.214. The van der Waals surface area contributed by atoms with Crippen molar-refractivity contribution in [3.8, 4) is 11.5 Å². The van der Waals surface area contributed by atoms with Gasteiger partial charge < -0.3 is 14.8 Å². The zero-order valence-electron chi connectivity index (χ0n) is 19.8. The first-order chi connectivity index (χ1) is 16.4. The molecule has 34 heavy (non-hydrogen) atoms. The van der Waals surface area contributed by atoms with E-state index in [9.17, 15) is 9.59 Å². The Kier molecular flexibility index (Phi) is 6.68. The standard InChI is InChI=1S/C28H28N2O4/c1-5-33-24-9-7-6-8-23(24)30-27(31)25(20-12-10-19(4)11-13-20)26(28(30)32)29-21-14-16-22(17-15-21)34-18(2)3/h6-18,29H,5H2,1-4H3. The summed E-state index contributed by atoms with van der Waals surface area (Å²) in [6, 6.07) is 21.9. The summed E-state index contributed by atoms with van der Waals surface area (Å²) in [4.78, 5) is 28.5. The van der Waals surface area contributed by atoms with Gasteiger partial charge in [0.05, 0.1) is 24.0 Å². The number of carbonyl (C=O) groups excluding carboxylic acids is 2. The van der Waals surface area contributed by atoms with Gasteiger partial charge in [0.15, 0.2) is 0 Å². The molecular formula is C28H28N2O4. The van der Waals surface area contributed by atoms with Crippen molar-refractivity contribution in [1.29, 1.82) is 0 Å². The van der Waals surface area contributed by atoms with E-state index < -0.39 is 11.8 Å². The minimum atomic E-state index is -0.435. The zero-order chi connectivity index (χ0) is 24.2. The van der Waals surface area contributed by atoms with E-state index in [1.165, 1.54) is 4.90 Å². The van der Waals surface area contributed by atoms with Crippen LogP contribution in [0.5, 0.6) is 11.5 Å². The maximum absolute atomic E-state index is 13.7. The highest BCUT2D eigenvalue weighted by molar-refractivity contribution is 6.46. The van der Waals surface area contributed by atoms with E-state index in [0.29, 0.717) is 34.9 Å². The van der Waals surface area contributed by atoms with Gasteiger partial charge in [-0.25, -0.2) is 4.90 Å². The number of benzene rings is 3. The lowest BCUT2D eigenvalue weighted by Crippen LogP contribution is -2.32. The number of anilines is 2. The topological polar surface area (TPSA) is 67.9 Å². The average molecular weight is 457 g/mol. The molecule has 6 heteroatoms. The number of hydrogen-bond acceptors (Lipinski definition) is 5. The molecule has 2 amide bonds. The molecule has 0 bridgehead atoms. The lowest BCUT2D eigenvalue weighted by atomic mass is 10.0. The van der Waals surface area contributed by atoms with Crippen LogP contribution < -0.4 is 19.7 Å². The zero-order valence-corrected chi connectivity index (χ0v) is 19.8. The normalized spacial score (nSPS) is 13.6. The summed E-state index contributed by atoms with van der Waals surface area (Å²) < 4.78 is 11.4. The number of rotatable bonds is 8. The van der Waals surface area contributed by atoms with E-state index in [0.717, 1.165) is 11.3 Å². The first-order valence-corrected chi connectivity index (χ1v) is 11.3. The second-order valence-corrected chi connectivity index (χ2v) is 8.28. The summed E-state index contributed by atoms with van der Waals surface area (Å²) in [5.41, 5.74) is 3.37. The molecule has 0 spiro atoms.